The van der Waals surface area contributed by atoms with Crippen molar-refractivity contribution in [1.82, 2.24) is 5.32 Å². The second-order valence-corrected chi connectivity index (χ2v) is 5.52. The van der Waals surface area contributed by atoms with Gasteiger partial charge in [0.05, 0.1) is 5.60 Å². The number of hydrogen-bond donors (Lipinski definition) is 2. The Balaban J connectivity index is 1.71. The van der Waals surface area contributed by atoms with Crippen LogP contribution in [-0.2, 0) is 0 Å². The molecular weight excluding hydrogens is 182 g/mol. The average Bonchev–Trinajstić information content (AvgIpc) is 2.72. The summed E-state index contributed by atoms with van der Waals surface area (Å²) in [5.74, 6) is 2.52. The van der Waals surface area contributed by atoms with Gasteiger partial charge in [-0.15, -0.1) is 0 Å². The molecule has 13 heavy (non-hydrogen) atoms. The first-order chi connectivity index (χ1) is 6.29. The fraction of sp³-hybridized carbons (Fsp3) is 1.00. The molecule has 1 saturated carbocycles. The normalized spacial score (nSPS) is 32.5. The minimum atomic E-state index is -0.368. The van der Waals surface area contributed by atoms with Crippen LogP contribution < -0.4 is 5.32 Å². The van der Waals surface area contributed by atoms with Crippen LogP contribution in [0.5, 0.6) is 0 Å². The van der Waals surface area contributed by atoms with Crippen molar-refractivity contribution >= 4 is 11.8 Å². The van der Waals surface area contributed by atoms with Crippen molar-refractivity contribution < 1.29 is 5.11 Å². The molecule has 76 valence electrons. The Morgan fingerprint density at radius 1 is 1.38 bits per heavy atom. The summed E-state index contributed by atoms with van der Waals surface area (Å²) in [6, 6.07) is 0.662. The molecule has 3 heteroatoms. The van der Waals surface area contributed by atoms with Gasteiger partial charge in [0.1, 0.15) is 0 Å². The van der Waals surface area contributed by atoms with Gasteiger partial charge < -0.3 is 10.4 Å². The molecule has 0 aromatic carbocycles. The monoisotopic (exact) mass is 201 g/mol. The SMILES string of the molecule is OC1(CNC2CCSC2)CCCC1. The van der Waals surface area contributed by atoms with E-state index >= 15 is 0 Å². The summed E-state index contributed by atoms with van der Waals surface area (Å²) in [6.07, 6.45) is 5.69. The number of hydrogen-bond acceptors (Lipinski definition) is 3. The van der Waals surface area contributed by atoms with Crippen molar-refractivity contribution in [2.24, 2.45) is 0 Å². The lowest BCUT2D eigenvalue weighted by molar-refractivity contribution is 0.0456. The van der Waals surface area contributed by atoms with Crippen LogP contribution in [0.25, 0.3) is 0 Å². The van der Waals surface area contributed by atoms with Crippen LogP contribution in [0.3, 0.4) is 0 Å². The minimum Gasteiger partial charge on any atom is -0.389 e. The van der Waals surface area contributed by atoms with E-state index in [0.717, 1.165) is 19.4 Å². The predicted molar refractivity (Wildman–Crippen MR) is 57.2 cm³/mol. The zero-order chi connectivity index (χ0) is 9.15. The van der Waals surface area contributed by atoms with Crippen LogP contribution in [-0.4, -0.2) is 34.8 Å². The van der Waals surface area contributed by atoms with Crippen molar-refractivity contribution in [3.8, 4) is 0 Å². The van der Waals surface area contributed by atoms with Crippen molar-refractivity contribution in [3.63, 3.8) is 0 Å². The number of rotatable bonds is 3. The maximum atomic E-state index is 10.1. The standard InChI is InChI=1S/C10H19NOS/c12-10(4-1-2-5-10)8-11-9-3-6-13-7-9/h9,11-12H,1-8H2. The molecule has 2 N–H and O–H groups in total. The topological polar surface area (TPSA) is 32.3 Å². The molecule has 1 heterocycles. The van der Waals surface area contributed by atoms with E-state index in [1.54, 1.807) is 0 Å². The molecule has 0 spiro atoms. The van der Waals surface area contributed by atoms with Gasteiger partial charge in [-0.3, -0.25) is 0 Å². The maximum absolute atomic E-state index is 10.1. The molecule has 0 amide bonds. The highest BCUT2D eigenvalue weighted by Crippen LogP contribution is 2.29. The highest BCUT2D eigenvalue weighted by Gasteiger charge is 2.31. The summed E-state index contributed by atoms with van der Waals surface area (Å²) in [4.78, 5) is 0. The minimum absolute atomic E-state index is 0.368. The maximum Gasteiger partial charge on any atom is 0.0771 e. The molecule has 0 bridgehead atoms. The summed E-state index contributed by atoms with van der Waals surface area (Å²) < 4.78 is 0. The third-order valence-corrected chi connectivity index (χ3v) is 4.35. The molecule has 1 saturated heterocycles. The lowest BCUT2D eigenvalue weighted by atomic mass is 10.0. The van der Waals surface area contributed by atoms with Crippen LogP contribution in [0.2, 0.25) is 0 Å². The summed E-state index contributed by atoms with van der Waals surface area (Å²) in [5.41, 5.74) is -0.368. The van der Waals surface area contributed by atoms with E-state index < -0.39 is 0 Å². The van der Waals surface area contributed by atoms with E-state index in [1.807, 2.05) is 11.8 Å². The second kappa shape index (κ2) is 4.20. The van der Waals surface area contributed by atoms with Crippen molar-refractivity contribution in [1.29, 1.82) is 0 Å². The van der Waals surface area contributed by atoms with Gasteiger partial charge in [0.2, 0.25) is 0 Å². The predicted octanol–water partition coefficient (Wildman–Crippen LogP) is 1.39. The van der Waals surface area contributed by atoms with E-state index in [9.17, 15) is 5.11 Å². The molecule has 1 aliphatic heterocycles. The van der Waals surface area contributed by atoms with Gasteiger partial charge in [0.25, 0.3) is 0 Å². The van der Waals surface area contributed by atoms with E-state index in [0.29, 0.717) is 6.04 Å². The van der Waals surface area contributed by atoms with Crippen LogP contribution in [0.4, 0.5) is 0 Å². The Bertz CT molecular complexity index is 162. The third-order valence-electron chi connectivity index (χ3n) is 3.18. The number of thioether (sulfide) groups is 1. The summed E-state index contributed by atoms with van der Waals surface area (Å²) in [5, 5.41) is 13.6. The van der Waals surface area contributed by atoms with Crippen LogP contribution in [0.1, 0.15) is 32.1 Å². The Labute approximate surface area is 84.5 Å². The lowest BCUT2D eigenvalue weighted by Crippen LogP contribution is -2.42. The molecule has 1 atom stereocenters. The van der Waals surface area contributed by atoms with Crippen molar-refractivity contribution in [3.05, 3.63) is 0 Å². The van der Waals surface area contributed by atoms with Gasteiger partial charge in [-0.2, -0.15) is 11.8 Å². The van der Waals surface area contributed by atoms with Crippen LogP contribution in [0, 0.1) is 0 Å². The highest BCUT2D eigenvalue weighted by atomic mass is 32.2. The number of aliphatic hydroxyl groups is 1. The van der Waals surface area contributed by atoms with Crippen molar-refractivity contribution in [2.75, 3.05) is 18.1 Å². The quantitative estimate of drug-likeness (QED) is 0.723. The molecule has 1 unspecified atom stereocenters. The van der Waals surface area contributed by atoms with Crippen LogP contribution >= 0.6 is 11.8 Å². The average molecular weight is 201 g/mol. The summed E-state index contributed by atoms with van der Waals surface area (Å²) >= 11 is 2.02. The Morgan fingerprint density at radius 2 is 2.15 bits per heavy atom. The molecule has 2 nitrogen and oxygen atoms in total. The fourth-order valence-electron chi connectivity index (χ4n) is 2.24. The highest BCUT2D eigenvalue weighted by molar-refractivity contribution is 7.99. The molecule has 2 fully saturated rings. The first kappa shape index (κ1) is 9.81. The van der Waals surface area contributed by atoms with Gasteiger partial charge in [0.15, 0.2) is 0 Å². The molecule has 0 aromatic rings. The first-order valence-corrected chi connectivity index (χ1v) is 6.48. The van der Waals surface area contributed by atoms with E-state index in [4.69, 9.17) is 0 Å². The molecule has 2 aliphatic rings. The van der Waals surface area contributed by atoms with Gasteiger partial charge in [-0.1, -0.05) is 12.8 Å². The molecule has 0 aromatic heterocycles. The number of nitrogens with one attached hydrogen (secondary N) is 1. The molecular formula is C10H19NOS. The molecule has 0 radical (unpaired) electrons. The van der Waals surface area contributed by atoms with Gasteiger partial charge in [-0.25, -0.2) is 0 Å². The van der Waals surface area contributed by atoms with E-state index in [2.05, 4.69) is 5.32 Å². The van der Waals surface area contributed by atoms with Crippen LogP contribution in [0.15, 0.2) is 0 Å². The summed E-state index contributed by atoms with van der Waals surface area (Å²) in [6.45, 7) is 0.818. The Kier molecular flexibility index (Phi) is 3.17. The van der Waals surface area contributed by atoms with Gasteiger partial charge in [0, 0.05) is 18.3 Å². The molecule has 2 rings (SSSR count). The molecule has 1 aliphatic carbocycles. The zero-order valence-electron chi connectivity index (χ0n) is 8.09. The fourth-order valence-corrected chi connectivity index (χ4v) is 3.43. The second-order valence-electron chi connectivity index (χ2n) is 4.37. The lowest BCUT2D eigenvalue weighted by Gasteiger charge is -2.24. The zero-order valence-corrected chi connectivity index (χ0v) is 8.91. The summed E-state index contributed by atoms with van der Waals surface area (Å²) in [7, 11) is 0. The first-order valence-electron chi connectivity index (χ1n) is 5.32. The van der Waals surface area contributed by atoms with E-state index in [1.165, 1.54) is 30.8 Å². The van der Waals surface area contributed by atoms with Gasteiger partial charge >= 0.3 is 0 Å². The largest absolute Gasteiger partial charge is 0.389 e. The Morgan fingerprint density at radius 3 is 2.77 bits per heavy atom. The van der Waals surface area contributed by atoms with E-state index in [-0.39, 0.29) is 5.60 Å². The smallest absolute Gasteiger partial charge is 0.0771 e. The third kappa shape index (κ3) is 2.61. The van der Waals surface area contributed by atoms with Gasteiger partial charge in [-0.05, 0) is 25.0 Å². The Hall–Kier alpha value is 0.270. The van der Waals surface area contributed by atoms with Crippen molar-refractivity contribution in [2.45, 2.75) is 43.7 Å².